The minimum Gasteiger partial charge on any atom is -0.492 e. The van der Waals surface area contributed by atoms with Gasteiger partial charge in [0.25, 0.3) is 5.91 Å². The van der Waals surface area contributed by atoms with Gasteiger partial charge >= 0.3 is 6.18 Å². The molecule has 0 bridgehead atoms. The van der Waals surface area contributed by atoms with Gasteiger partial charge in [-0.3, -0.25) is 9.59 Å². The Hall–Kier alpha value is -3.29. The van der Waals surface area contributed by atoms with E-state index in [0.717, 1.165) is 12.1 Å². The Balaban J connectivity index is 2.10. The quantitative estimate of drug-likeness (QED) is 0.671. The summed E-state index contributed by atoms with van der Waals surface area (Å²) in [7, 11) is 0. The Morgan fingerprint density at radius 3 is 2.52 bits per heavy atom. The maximum atomic E-state index is 13.1. The van der Waals surface area contributed by atoms with Gasteiger partial charge in [-0.2, -0.15) is 13.2 Å². The van der Waals surface area contributed by atoms with E-state index in [0.29, 0.717) is 30.1 Å². The molecule has 0 spiro atoms. The lowest BCUT2D eigenvalue weighted by Crippen LogP contribution is -2.24. The molecule has 1 aromatic heterocycles. The van der Waals surface area contributed by atoms with Crippen molar-refractivity contribution in [2.75, 3.05) is 11.9 Å². The summed E-state index contributed by atoms with van der Waals surface area (Å²) in [6, 6.07) is 9.66. The van der Waals surface area contributed by atoms with Gasteiger partial charge in [0.2, 0.25) is 5.43 Å². The number of aryl methyl sites for hydroxylation is 1. The van der Waals surface area contributed by atoms with E-state index in [1.54, 1.807) is 42.7 Å². The molecule has 0 fully saturated rings. The fourth-order valence-corrected chi connectivity index (χ4v) is 3.04. The lowest BCUT2D eigenvalue weighted by Gasteiger charge is -2.15. The molecule has 0 saturated heterocycles. The van der Waals surface area contributed by atoms with Crippen LogP contribution in [0.5, 0.6) is 5.75 Å². The van der Waals surface area contributed by atoms with Crippen LogP contribution >= 0.6 is 0 Å². The molecule has 8 heteroatoms. The molecule has 3 rings (SSSR count). The van der Waals surface area contributed by atoms with E-state index in [4.69, 9.17) is 4.74 Å². The van der Waals surface area contributed by atoms with Crippen molar-refractivity contribution in [2.45, 2.75) is 26.6 Å². The fraction of sp³-hybridized carbons (Fsp3) is 0.238. The second kappa shape index (κ2) is 7.98. The Morgan fingerprint density at radius 1 is 1.14 bits per heavy atom. The molecule has 1 N–H and O–H groups in total. The number of para-hydroxylation sites is 2. The molecule has 0 aliphatic rings. The standard InChI is InChI=1S/C21H19F3N2O3/c1-3-26-12-15(20(28)25-16-7-5-6-8-18(16)29-4-2)19(27)14-11-13(21(22,23)24)9-10-17(14)26/h5-12H,3-4H2,1-2H3,(H,25,28). The maximum absolute atomic E-state index is 13.1. The van der Waals surface area contributed by atoms with Gasteiger partial charge in [0, 0.05) is 18.1 Å². The van der Waals surface area contributed by atoms with Crippen LogP contribution in [0.3, 0.4) is 0 Å². The van der Waals surface area contributed by atoms with Crippen LogP contribution < -0.4 is 15.5 Å². The number of anilines is 1. The molecule has 5 nitrogen and oxygen atoms in total. The summed E-state index contributed by atoms with van der Waals surface area (Å²) in [6.45, 7) is 4.32. The van der Waals surface area contributed by atoms with Gasteiger partial charge in [-0.25, -0.2) is 0 Å². The predicted octanol–water partition coefficient (Wildman–Crippen LogP) is 4.69. The number of benzene rings is 2. The molecule has 0 aliphatic carbocycles. The van der Waals surface area contributed by atoms with Crippen molar-refractivity contribution in [2.24, 2.45) is 0 Å². The van der Waals surface area contributed by atoms with Crippen molar-refractivity contribution in [3.63, 3.8) is 0 Å². The topological polar surface area (TPSA) is 60.3 Å². The summed E-state index contributed by atoms with van der Waals surface area (Å²) < 4.78 is 46.3. The number of carbonyl (C=O) groups excluding carboxylic acids is 1. The summed E-state index contributed by atoms with van der Waals surface area (Å²) in [5.74, 6) is -0.289. The van der Waals surface area contributed by atoms with E-state index >= 15 is 0 Å². The van der Waals surface area contributed by atoms with Crippen molar-refractivity contribution < 1.29 is 22.7 Å². The van der Waals surface area contributed by atoms with Crippen LogP contribution in [0, 0.1) is 0 Å². The average Bonchev–Trinajstić information content (AvgIpc) is 2.69. The number of nitrogens with one attached hydrogen (secondary N) is 1. The first-order chi connectivity index (χ1) is 13.8. The molecule has 0 atom stereocenters. The number of hydrogen-bond donors (Lipinski definition) is 1. The van der Waals surface area contributed by atoms with E-state index in [-0.39, 0.29) is 10.9 Å². The normalized spacial score (nSPS) is 11.5. The van der Waals surface area contributed by atoms with Crippen LogP contribution in [0.25, 0.3) is 10.9 Å². The molecule has 0 aliphatic heterocycles. The largest absolute Gasteiger partial charge is 0.492 e. The van der Waals surface area contributed by atoms with Crippen LogP contribution in [0.2, 0.25) is 0 Å². The second-order valence-electron chi connectivity index (χ2n) is 6.27. The molecule has 29 heavy (non-hydrogen) atoms. The first kappa shape index (κ1) is 20.4. The number of aromatic nitrogens is 1. The van der Waals surface area contributed by atoms with Crippen LogP contribution in [0.1, 0.15) is 29.8 Å². The zero-order chi connectivity index (χ0) is 21.2. The van der Waals surface area contributed by atoms with Crippen molar-refractivity contribution >= 4 is 22.5 Å². The molecule has 1 amide bonds. The summed E-state index contributed by atoms with van der Waals surface area (Å²) in [6.07, 6.45) is -3.23. The monoisotopic (exact) mass is 404 g/mol. The highest BCUT2D eigenvalue weighted by Gasteiger charge is 2.31. The van der Waals surface area contributed by atoms with Crippen molar-refractivity contribution in [3.05, 3.63) is 70.0 Å². The Labute approximate surface area is 164 Å². The average molecular weight is 404 g/mol. The number of amides is 1. The molecule has 152 valence electrons. The minimum atomic E-state index is -4.59. The highest BCUT2D eigenvalue weighted by Crippen LogP contribution is 2.31. The van der Waals surface area contributed by atoms with Crippen LogP contribution in [-0.4, -0.2) is 17.1 Å². The first-order valence-electron chi connectivity index (χ1n) is 9.03. The SMILES string of the molecule is CCOc1ccccc1NC(=O)c1cn(CC)c2ccc(C(F)(F)F)cc2c1=O. The summed E-state index contributed by atoms with van der Waals surface area (Å²) in [5, 5.41) is 2.45. The highest BCUT2D eigenvalue weighted by molar-refractivity contribution is 6.06. The lowest BCUT2D eigenvalue weighted by atomic mass is 10.1. The summed E-state index contributed by atoms with van der Waals surface area (Å²) in [5.41, 5.74) is -1.25. The van der Waals surface area contributed by atoms with Gasteiger partial charge in [-0.05, 0) is 44.2 Å². The van der Waals surface area contributed by atoms with Crippen molar-refractivity contribution in [1.29, 1.82) is 0 Å². The Bertz CT molecular complexity index is 1120. The van der Waals surface area contributed by atoms with Crippen LogP contribution in [-0.2, 0) is 12.7 Å². The van der Waals surface area contributed by atoms with E-state index < -0.39 is 23.1 Å². The van der Waals surface area contributed by atoms with Gasteiger partial charge in [-0.15, -0.1) is 0 Å². The molecular formula is C21H19F3N2O3. The number of halogens is 3. The number of ether oxygens (including phenoxy) is 1. The zero-order valence-corrected chi connectivity index (χ0v) is 15.8. The molecule has 1 heterocycles. The second-order valence-corrected chi connectivity index (χ2v) is 6.27. The van der Waals surface area contributed by atoms with Gasteiger partial charge in [0.15, 0.2) is 0 Å². The summed E-state index contributed by atoms with van der Waals surface area (Å²) in [4.78, 5) is 25.6. The fourth-order valence-electron chi connectivity index (χ4n) is 3.04. The smallest absolute Gasteiger partial charge is 0.416 e. The van der Waals surface area contributed by atoms with Crippen LogP contribution in [0.15, 0.2) is 53.5 Å². The number of rotatable bonds is 5. The molecule has 0 unspecified atom stereocenters. The number of alkyl halides is 3. The Kier molecular flexibility index (Phi) is 5.63. The van der Waals surface area contributed by atoms with E-state index in [1.807, 2.05) is 0 Å². The Morgan fingerprint density at radius 2 is 1.86 bits per heavy atom. The molecular weight excluding hydrogens is 385 g/mol. The number of carbonyl (C=O) groups is 1. The van der Waals surface area contributed by atoms with Crippen molar-refractivity contribution in [3.8, 4) is 5.75 Å². The number of hydrogen-bond acceptors (Lipinski definition) is 3. The van der Waals surface area contributed by atoms with Gasteiger partial charge in [-0.1, -0.05) is 12.1 Å². The number of nitrogens with zero attached hydrogens (tertiary/aromatic N) is 1. The van der Waals surface area contributed by atoms with E-state index in [9.17, 15) is 22.8 Å². The lowest BCUT2D eigenvalue weighted by molar-refractivity contribution is -0.137. The third-order valence-electron chi connectivity index (χ3n) is 4.43. The molecule has 0 saturated carbocycles. The van der Waals surface area contributed by atoms with Crippen molar-refractivity contribution in [1.82, 2.24) is 4.57 Å². The molecule has 2 aromatic carbocycles. The number of pyridine rings is 1. The predicted molar refractivity (Wildman–Crippen MR) is 104 cm³/mol. The molecule has 3 aromatic rings. The first-order valence-corrected chi connectivity index (χ1v) is 9.03. The summed E-state index contributed by atoms with van der Waals surface area (Å²) >= 11 is 0. The van der Waals surface area contributed by atoms with E-state index in [2.05, 4.69) is 5.32 Å². The van der Waals surface area contributed by atoms with E-state index in [1.165, 1.54) is 12.3 Å². The zero-order valence-electron chi connectivity index (χ0n) is 15.8. The van der Waals surface area contributed by atoms with Crippen LogP contribution in [0.4, 0.5) is 18.9 Å². The van der Waals surface area contributed by atoms with Gasteiger partial charge in [0.1, 0.15) is 11.3 Å². The highest BCUT2D eigenvalue weighted by atomic mass is 19.4. The third-order valence-corrected chi connectivity index (χ3v) is 4.43. The molecule has 0 radical (unpaired) electrons. The minimum absolute atomic E-state index is 0.160. The van der Waals surface area contributed by atoms with Gasteiger partial charge < -0.3 is 14.6 Å². The number of fused-ring (bicyclic) bond motifs is 1. The van der Waals surface area contributed by atoms with Gasteiger partial charge in [0.05, 0.1) is 23.4 Å². The third kappa shape index (κ3) is 4.11. The maximum Gasteiger partial charge on any atom is 0.416 e.